The van der Waals surface area contributed by atoms with E-state index in [-0.39, 0.29) is 48.9 Å². The number of hydrogen-bond donors (Lipinski definition) is 2. The summed E-state index contributed by atoms with van der Waals surface area (Å²) in [6.07, 6.45) is -9.99. The maximum atomic E-state index is 14.4. The minimum atomic E-state index is -4.41. The van der Waals surface area contributed by atoms with Crippen molar-refractivity contribution < 1.29 is 35.8 Å². The summed E-state index contributed by atoms with van der Waals surface area (Å²) in [6, 6.07) is -0.650. The van der Waals surface area contributed by atoms with Crippen LogP contribution in [0.5, 0.6) is 0 Å². The molecule has 0 saturated heterocycles. The summed E-state index contributed by atoms with van der Waals surface area (Å²) in [5.41, 5.74) is -0.175. The van der Waals surface area contributed by atoms with E-state index < -0.39 is 55.0 Å². The number of alkyl halides is 6. The van der Waals surface area contributed by atoms with Gasteiger partial charge >= 0.3 is 6.18 Å². The van der Waals surface area contributed by atoms with Crippen molar-refractivity contribution in [2.45, 2.75) is 75.9 Å². The Hall–Kier alpha value is -1.98. The molecule has 0 aliphatic heterocycles. The molecule has 30 heavy (non-hydrogen) atoms. The number of nitrogens with one attached hydrogen (secondary N) is 1. The number of aromatic nitrogens is 3. The van der Waals surface area contributed by atoms with Gasteiger partial charge in [-0.3, -0.25) is 0 Å². The molecule has 2 N–H and O–H groups in total. The molecule has 2 aliphatic carbocycles. The van der Waals surface area contributed by atoms with Crippen molar-refractivity contribution in [1.82, 2.24) is 15.0 Å². The lowest BCUT2D eigenvalue weighted by atomic mass is 9.88. The number of aliphatic hydroxyl groups is 1. The lowest BCUT2D eigenvalue weighted by Gasteiger charge is -2.35. The largest absolute Gasteiger partial charge is 0.391 e. The number of hydrogen-bond acceptors (Lipinski definition) is 5. The van der Waals surface area contributed by atoms with E-state index in [1.165, 1.54) is 0 Å². The van der Waals surface area contributed by atoms with E-state index in [1.807, 2.05) is 0 Å². The highest BCUT2D eigenvalue weighted by molar-refractivity contribution is 5.64. The number of allylic oxidation sites excluding steroid dienone is 1. The van der Waals surface area contributed by atoms with Crippen LogP contribution >= 0.6 is 0 Å². The predicted molar refractivity (Wildman–Crippen MR) is 93.1 cm³/mol. The van der Waals surface area contributed by atoms with Gasteiger partial charge in [-0.1, -0.05) is 6.92 Å². The van der Waals surface area contributed by atoms with Crippen LogP contribution in [0.3, 0.4) is 0 Å². The van der Waals surface area contributed by atoms with Gasteiger partial charge in [0.1, 0.15) is 23.9 Å². The van der Waals surface area contributed by atoms with Crippen LogP contribution in [0.2, 0.25) is 0 Å². The van der Waals surface area contributed by atoms with E-state index in [0.29, 0.717) is 0 Å². The molecule has 168 valence electrons. The first-order valence-corrected chi connectivity index (χ1v) is 9.53. The van der Waals surface area contributed by atoms with Crippen molar-refractivity contribution in [2.75, 3.05) is 5.32 Å². The number of anilines is 1. The van der Waals surface area contributed by atoms with Crippen LogP contribution in [0.4, 0.5) is 36.7 Å². The molecule has 2 aliphatic rings. The van der Waals surface area contributed by atoms with E-state index in [1.54, 1.807) is 0 Å². The molecular formula is C18H21F7N4O. The van der Waals surface area contributed by atoms with Crippen LogP contribution in [0.1, 0.15) is 50.7 Å². The first-order valence-electron chi connectivity index (χ1n) is 9.53. The summed E-state index contributed by atoms with van der Waals surface area (Å²) in [6.45, 7) is 0.999. The van der Waals surface area contributed by atoms with E-state index in [9.17, 15) is 35.8 Å². The average molecular weight is 442 g/mol. The van der Waals surface area contributed by atoms with Gasteiger partial charge in [0.15, 0.2) is 5.82 Å². The van der Waals surface area contributed by atoms with E-state index >= 15 is 0 Å². The Balaban J connectivity index is 1.86. The fourth-order valence-corrected chi connectivity index (χ4v) is 3.30. The Morgan fingerprint density at radius 2 is 1.87 bits per heavy atom. The van der Waals surface area contributed by atoms with E-state index in [2.05, 4.69) is 20.3 Å². The van der Waals surface area contributed by atoms with Crippen molar-refractivity contribution in [3.8, 4) is 0 Å². The molecule has 0 amide bonds. The average Bonchev–Trinajstić information content (AvgIpc) is 2.62. The molecule has 1 heterocycles. The Morgan fingerprint density at radius 3 is 2.47 bits per heavy atom. The van der Waals surface area contributed by atoms with Gasteiger partial charge in [-0.2, -0.15) is 23.1 Å². The molecule has 2 unspecified atom stereocenters. The highest BCUT2D eigenvalue weighted by Crippen LogP contribution is 2.39. The molecule has 0 radical (unpaired) electrons. The van der Waals surface area contributed by atoms with Crippen LogP contribution in [0, 0.1) is 5.92 Å². The van der Waals surface area contributed by atoms with Gasteiger partial charge in [-0.15, -0.1) is 0 Å². The predicted octanol–water partition coefficient (Wildman–Crippen LogP) is 4.39. The van der Waals surface area contributed by atoms with Crippen molar-refractivity contribution in [3.63, 3.8) is 0 Å². The van der Waals surface area contributed by atoms with Crippen LogP contribution in [0.15, 0.2) is 5.83 Å². The minimum Gasteiger partial charge on any atom is -0.383 e. The summed E-state index contributed by atoms with van der Waals surface area (Å²) in [7, 11) is 0. The zero-order valence-corrected chi connectivity index (χ0v) is 16.0. The Kier molecular flexibility index (Phi) is 6.26. The maximum absolute atomic E-state index is 14.4. The van der Waals surface area contributed by atoms with Crippen molar-refractivity contribution >= 4 is 11.5 Å². The van der Waals surface area contributed by atoms with Gasteiger partial charge in [0, 0.05) is 30.9 Å². The van der Waals surface area contributed by atoms with Gasteiger partial charge in [0.2, 0.25) is 5.95 Å². The molecule has 1 saturated carbocycles. The van der Waals surface area contributed by atoms with Gasteiger partial charge in [-0.05, 0) is 19.3 Å². The van der Waals surface area contributed by atoms with Crippen molar-refractivity contribution in [1.29, 1.82) is 0 Å². The lowest BCUT2D eigenvalue weighted by Crippen LogP contribution is -2.44. The molecule has 1 aromatic heterocycles. The smallest absolute Gasteiger partial charge is 0.383 e. The van der Waals surface area contributed by atoms with Gasteiger partial charge in [0.05, 0.1) is 5.92 Å². The monoisotopic (exact) mass is 442 g/mol. The fourth-order valence-electron chi connectivity index (χ4n) is 3.30. The maximum Gasteiger partial charge on any atom is 0.391 e. The highest BCUT2D eigenvalue weighted by atomic mass is 19.4. The van der Waals surface area contributed by atoms with Gasteiger partial charge in [-0.25, -0.2) is 22.5 Å². The zero-order chi connectivity index (χ0) is 22.3. The Labute approximate surface area is 167 Å². The second-order valence-electron chi connectivity index (χ2n) is 7.81. The number of aryl methyl sites for hydroxylation is 1. The highest BCUT2D eigenvalue weighted by Gasteiger charge is 2.45. The first-order chi connectivity index (χ1) is 13.9. The molecule has 0 aromatic carbocycles. The number of nitrogens with zero attached hydrogens (tertiary/aromatic N) is 3. The standard InChI is InChI=1S/C18H21F7N4O/c1-8(18(23,24)25)2-5-12-27-15(10-3-4-11(19)14(30)13(10)20)29-16(28-12)26-9-6-17(21,22)7-9/h8-9,11,14,30H,2-7H2,1H3,(H,26,27,28,29)/t8-,11?,14?/m0/s1. The minimum absolute atomic E-state index is 0.0816. The van der Waals surface area contributed by atoms with Crippen LogP contribution in [-0.4, -0.2) is 50.5 Å². The third-order valence-electron chi connectivity index (χ3n) is 5.30. The number of halogens is 7. The molecule has 5 nitrogen and oxygen atoms in total. The normalized spacial score (nSPS) is 25.8. The van der Waals surface area contributed by atoms with Crippen molar-refractivity contribution in [3.05, 3.63) is 17.5 Å². The molecule has 0 bridgehead atoms. The van der Waals surface area contributed by atoms with Crippen LogP contribution < -0.4 is 5.32 Å². The topological polar surface area (TPSA) is 70.9 Å². The fraction of sp³-hybridized carbons (Fsp3) is 0.722. The van der Waals surface area contributed by atoms with E-state index in [4.69, 9.17) is 0 Å². The summed E-state index contributed by atoms with van der Waals surface area (Å²) >= 11 is 0. The molecule has 12 heteroatoms. The summed E-state index contributed by atoms with van der Waals surface area (Å²) < 4.78 is 92.4. The number of aliphatic hydroxyl groups excluding tert-OH is 1. The second-order valence-corrected chi connectivity index (χ2v) is 7.81. The molecule has 3 rings (SSSR count). The zero-order valence-electron chi connectivity index (χ0n) is 16.0. The Bertz CT molecular complexity index is 806. The van der Waals surface area contributed by atoms with Crippen molar-refractivity contribution in [2.24, 2.45) is 5.92 Å². The van der Waals surface area contributed by atoms with E-state index in [0.717, 1.165) is 6.92 Å². The SMILES string of the molecule is C[C@@H](CCc1nc(NC2CC(F)(F)C2)nc(C2=C(F)C(O)C(F)CC2)n1)C(F)(F)F. The van der Waals surface area contributed by atoms with Gasteiger partial charge in [0.25, 0.3) is 5.92 Å². The molecule has 1 fully saturated rings. The first kappa shape index (κ1) is 22.7. The third kappa shape index (κ3) is 5.19. The lowest BCUT2D eigenvalue weighted by molar-refractivity contribution is -0.171. The second kappa shape index (κ2) is 8.27. The van der Waals surface area contributed by atoms with Crippen LogP contribution in [0.25, 0.3) is 5.57 Å². The van der Waals surface area contributed by atoms with Crippen LogP contribution in [-0.2, 0) is 6.42 Å². The third-order valence-corrected chi connectivity index (χ3v) is 5.30. The Morgan fingerprint density at radius 1 is 1.20 bits per heavy atom. The molecular weight excluding hydrogens is 421 g/mol. The summed E-state index contributed by atoms with van der Waals surface area (Å²) in [5.74, 6) is -6.13. The molecule has 1 aromatic rings. The molecule has 3 atom stereocenters. The number of rotatable bonds is 6. The summed E-state index contributed by atoms with van der Waals surface area (Å²) in [5, 5.41) is 12.3. The summed E-state index contributed by atoms with van der Waals surface area (Å²) in [4.78, 5) is 12.0. The quantitative estimate of drug-likeness (QED) is 0.640. The molecule has 0 spiro atoms. The van der Waals surface area contributed by atoms with Gasteiger partial charge < -0.3 is 10.4 Å².